The van der Waals surface area contributed by atoms with Crippen molar-refractivity contribution in [3.8, 4) is 11.5 Å². The van der Waals surface area contributed by atoms with E-state index in [1.165, 1.54) is 11.1 Å². The summed E-state index contributed by atoms with van der Waals surface area (Å²) in [5.74, 6) is 0.583. The maximum absolute atomic E-state index is 4.83. The Hall–Kier alpha value is -3.54. The molecule has 4 rings (SSSR count). The van der Waals surface area contributed by atoms with Crippen LogP contribution in [0.5, 0.6) is 0 Å². The number of aryl methyl sites for hydroxylation is 1. The molecule has 1 aromatic carbocycles. The minimum atomic E-state index is -0.0442. The number of rotatable bonds is 6. The Labute approximate surface area is 183 Å². The molecule has 3 aromatic rings. The topological polar surface area (TPSA) is 68.0 Å². The molecular weight excluding hydrogens is 384 g/mol. The van der Waals surface area contributed by atoms with E-state index in [1.54, 1.807) is 12.4 Å². The fraction of sp³-hybridized carbons (Fsp3) is 0.280. The smallest absolute Gasteiger partial charge is 0.180 e. The van der Waals surface area contributed by atoms with Gasteiger partial charge in [0.15, 0.2) is 5.82 Å². The Bertz CT molecular complexity index is 1160. The van der Waals surface area contributed by atoms with Crippen LogP contribution in [0, 0.1) is 12.3 Å². The highest BCUT2D eigenvalue weighted by molar-refractivity contribution is 6.09. The monoisotopic (exact) mass is 412 g/mol. The zero-order valence-electron chi connectivity index (χ0n) is 18.6. The lowest BCUT2D eigenvalue weighted by atomic mass is 9.93. The maximum atomic E-state index is 4.83. The number of nitrogens with one attached hydrogen (secondary N) is 1. The molecule has 0 spiro atoms. The van der Waals surface area contributed by atoms with Crippen molar-refractivity contribution in [3.63, 3.8) is 0 Å². The molecule has 0 aliphatic carbocycles. The lowest BCUT2D eigenvalue weighted by molar-refractivity contribution is 0.509. The number of anilines is 1. The van der Waals surface area contributed by atoms with Gasteiger partial charge in [0.2, 0.25) is 0 Å². The van der Waals surface area contributed by atoms with Gasteiger partial charge in [-0.05, 0) is 30.2 Å². The molecule has 0 amide bonds. The van der Waals surface area contributed by atoms with Crippen LogP contribution in [0.4, 0.5) is 5.69 Å². The summed E-state index contributed by atoms with van der Waals surface area (Å²) in [6.07, 6.45) is 7.64. The molecule has 1 N–H and O–H groups in total. The van der Waals surface area contributed by atoms with E-state index in [-0.39, 0.29) is 5.41 Å². The van der Waals surface area contributed by atoms with Crippen molar-refractivity contribution in [3.05, 3.63) is 84.0 Å². The maximum Gasteiger partial charge on any atom is 0.180 e. The number of hydrogen-bond acceptors (Lipinski definition) is 5. The number of aromatic nitrogens is 4. The first-order valence-corrected chi connectivity index (χ1v) is 10.4. The first-order chi connectivity index (χ1) is 14.8. The summed E-state index contributed by atoms with van der Waals surface area (Å²) in [7, 11) is 0. The zero-order chi connectivity index (χ0) is 22.0. The van der Waals surface area contributed by atoms with E-state index in [0.717, 1.165) is 28.5 Å². The Morgan fingerprint density at radius 2 is 1.90 bits per heavy atom. The number of hydrogen-bond donors (Lipinski definition) is 1. The summed E-state index contributed by atoms with van der Waals surface area (Å²) in [4.78, 5) is 13.7. The molecule has 6 heteroatoms. The van der Waals surface area contributed by atoms with Gasteiger partial charge < -0.3 is 5.32 Å². The van der Waals surface area contributed by atoms with Crippen molar-refractivity contribution in [1.82, 2.24) is 19.7 Å². The summed E-state index contributed by atoms with van der Waals surface area (Å²) in [6, 6.07) is 10.4. The lowest BCUT2D eigenvalue weighted by Gasteiger charge is -2.22. The third kappa shape index (κ3) is 4.63. The summed E-state index contributed by atoms with van der Waals surface area (Å²) in [5, 5.41) is 8.12. The van der Waals surface area contributed by atoms with Gasteiger partial charge in [0.1, 0.15) is 5.69 Å². The molecule has 2 aromatic heterocycles. The second-order valence-electron chi connectivity index (χ2n) is 8.78. The Morgan fingerprint density at radius 3 is 2.55 bits per heavy atom. The Kier molecular flexibility index (Phi) is 5.55. The third-order valence-corrected chi connectivity index (χ3v) is 5.35. The number of allylic oxidation sites excluding steroid dienone is 2. The fourth-order valence-electron chi connectivity index (χ4n) is 3.22. The van der Waals surface area contributed by atoms with Crippen molar-refractivity contribution in [2.75, 3.05) is 11.9 Å². The first kappa shape index (κ1) is 20.7. The lowest BCUT2D eigenvalue weighted by Crippen LogP contribution is -2.15. The standard InChI is InChI=1S/C25H28N6/c1-17-9-6-7-10-19(17)16-31-23(21-11-8-12-26-21)13-22(30-31)24-27-14-20(15-28-24)29-18(2)25(3,4)5/h6-11,13-15,29H,2,12,16H2,1,3-5H3. The van der Waals surface area contributed by atoms with Crippen molar-refractivity contribution >= 4 is 11.4 Å². The molecule has 31 heavy (non-hydrogen) atoms. The highest BCUT2D eigenvalue weighted by Crippen LogP contribution is 2.25. The first-order valence-electron chi connectivity index (χ1n) is 10.4. The van der Waals surface area contributed by atoms with Crippen LogP contribution in [-0.4, -0.2) is 32.0 Å². The van der Waals surface area contributed by atoms with E-state index >= 15 is 0 Å². The van der Waals surface area contributed by atoms with Crippen molar-refractivity contribution in [1.29, 1.82) is 0 Å². The molecule has 1 aliphatic rings. The van der Waals surface area contributed by atoms with E-state index in [0.29, 0.717) is 18.9 Å². The molecule has 0 radical (unpaired) electrons. The van der Waals surface area contributed by atoms with Crippen LogP contribution < -0.4 is 5.32 Å². The molecule has 0 atom stereocenters. The number of aliphatic imine (C=N–C) groups is 1. The zero-order valence-corrected chi connectivity index (χ0v) is 18.6. The average Bonchev–Trinajstić information content (AvgIpc) is 3.39. The quantitative estimate of drug-likeness (QED) is 0.617. The normalized spacial score (nSPS) is 13.4. The Balaban J connectivity index is 1.64. The van der Waals surface area contributed by atoms with Gasteiger partial charge in [-0.15, -0.1) is 0 Å². The van der Waals surface area contributed by atoms with Gasteiger partial charge in [0, 0.05) is 11.1 Å². The van der Waals surface area contributed by atoms with Crippen molar-refractivity contribution < 1.29 is 0 Å². The van der Waals surface area contributed by atoms with Gasteiger partial charge >= 0.3 is 0 Å². The molecule has 6 nitrogen and oxygen atoms in total. The number of nitrogens with zero attached hydrogens (tertiary/aromatic N) is 5. The molecule has 0 saturated heterocycles. The van der Waals surface area contributed by atoms with Crippen molar-refractivity contribution in [2.45, 2.75) is 34.2 Å². The molecule has 3 heterocycles. The minimum Gasteiger partial charge on any atom is -0.356 e. The van der Waals surface area contributed by atoms with Crippen molar-refractivity contribution in [2.24, 2.45) is 10.4 Å². The van der Waals surface area contributed by atoms with E-state index in [9.17, 15) is 0 Å². The molecule has 0 unspecified atom stereocenters. The number of benzene rings is 1. The van der Waals surface area contributed by atoms with Gasteiger partial charge in [-0.2, -0.15) is 5.10 Å². The second kappa shape index (κ2) is 8.30. The van der Waals surface area contributed by atoms with Gasteiger partial charge in [-0.3, -0.25) is 9.67 Å². The highest BCUT2D eigenvalue weighted by Gasteiger charge is 2.18. The second-order valence-corrected chi connectivity index (χ2v) is 8.78. The van der Waals surface area contributed by atoms with Crippen LogP contribution in [0.15, 0.2) is 72.1 Å². The van der Waals surface area contributed by atoms with Crippen LogP contribution in [0.3, 0.4) is 0 Å². The van der Waals surface area contributed by atoms with Gasteiger partial charge in [0.25, 0.3) is 0 Å². The molecule has 158 valence electrons. The van der Waals surface area contributed by atoms with E-state index < -0.39 is 0 Å². The predicted molar refractivity (Wildman–Crippen MR) is 126 cm³/mol. The molecular formula is C25H28N6. The molecule has 1 aliphatic heterocycles. The summed E-state index contributed by atoms with van der Waals surface area (Å²) < 4.78 is 1.99. The molecule has 0 saturated carbocycles. The summed E-state index contributed by atoms with van der Waals surface area (Å²) in [6.45, 7) is 13.9. The van der Waals surface area contributed by atoms with Gasteiger partial charge in [-0.1, -0.05) is 57.7 Å². The van der Waals surface area contributed by atoms with Crippen LogP contribution in [0.1, 0.15) is 37.6 Å². The molecule has 0 fully saturated rings. The fourth-order valence-corrected chi connectivity index (χ4v) is 3.22. The Morgan fingerprint density at radius 1 is 1.16 bits per heavy atom. The third-order valence-electron chi connectivity index (χ3n) is 5.35. The van der Waals surface area contributed by atoms with Crippen LogP contribution >= 0.6 is 0 Å². The minimum absolute atomic E-state index is 0.0442. The van der Waals surface area contributed by atoms with E-state index in [4.69, 9.17) is 5.10 Å². The highest BCUT2D eigenvalue weighted by atomic mass is 15.3. The van der Waals surface area contributed by atoms with Crippen LogP contribution in [0.25, 0.3) is 11.5 Å². The average molecular weight is 413 g/mol. The largest absolute Gasteiger partial charge is 0.356 e. The van der Waals surface area contributed by atoms with E-state index in [1.807, 2.05) is 16.8 Å². The van der Waals surface area contributed by atoms with E-state index in [2.05, 4.69) is 84.9 Å². The summed E-state index contributed by atoms with van der Waals surface area (Å²) >= 11 is 0. The summed E-state index contributed by atoms with van der Waals surface area (Å²) in [5.41, 5.74) is 6.78. The van der Waals surface area contributed by atoms with Crippen LogP contribution in [0.2, 0.25) is 0 Å². The molecule has 0 bridgehead atoms. The van der Waals surface area contributed by atoms with Crippen LogP contribution in [-0.2, 0) is 6.54 Å². The SMILES string of the molecule is C=C(Nc1cnc(-c2cc(C3=NCC=C3)n(Cc3ccccc3C)n2)nc1)C(C)(C)C. The van der Waals surface area contributed by atoms with Gasteiger partial charge in [0.05, 0.1) is 42.6 Å². The predicted octanol–water partition coefficient (Wildman–Crippen LogP) is 5.03. The van der Waals surface area contributed by atoms with Gasteiger partial charge in [-0.25, -0.2) is 9.97 Å².